The van der Waals surface area contributed by atoms with Crippen LogP contribution in [0.1, 0.15) is 56.4 Å². The first kappa shape index (κ1) is 32.7. The minimum absolute atomic E-state index is 0.0491. The quantitative estimate of drug-likeness (QED) is 0.180. The lowest BCUT2D eigenvalue weighted by Gasteiger charge is -2.25. The summed E-state index contributed by atoms with van der Waals surface area (Å²) in [5.41, 5.74) is 12.1. The van der Waals surface area contributed by atoms with Crippen LogP contribution < -0.4 is 0 Å². The number of nitrogens with zero attached hydrogens (tertiary/aromatic N) is 2. The van der Waals surface area contributed by atoms with Gasteiger partial charge in [-0.2, -0.15) is 0 Å². The van der Waals surface area contributed by atoms with E-state index in [1.165, 1.54) is 11.4 Å². The highest BCUT2D eigenvalue weighted by Gasteiger charge is 2.45. The SMILES string of the molecule is CC1(C)Cc2c(-c3ccccc3)c(-c3ccc(Cl)cc3)c(C(C(=O)O)c3c(-c4ccc(Cl)cc4)c(-c4ccccc4)c4n3CC(C)(C)C4)n2C1. The summed E-state index contributed by atoms with van der Waals surface area (Å²) in [6.45, 7) is 10.5. The molecular weight excluding hydrogens is 659 g/mol. The van der Waals surface area contributed by atoms with Crippen LogP contribution >= 0.6 is 23.2 Å². The predicted octanol–water partition coefficient (Wildman–Crippen LogP) is 11.6. The van der Waals surface area contributed by atoms with Crippen molar-refractivity contribution in [2.75, 3.05) is 0 Å². The molecule has 2 aliphatic heterocycles. The monoisotopic (exact) mass is 698 g/mol. The minimum Gasteiger partial charge on any atom is -0.480 e. The molecule has 6 heteroatoms. The van der Waals surface area contributed by atoms with Crippen molar-refractivity contribution in [3.8, 4) is 44.5 Å². The van der Waals surface area contributed by atoms with Crippen molar-refractivity contribution in [3.05, 3.63) is 142 Å². The van der Waals surface area contributed by atoms with Gasteiger partial charge in [-0.3, -0.25) is 4.79 Å². The number of carbonyl (C=O) groups is 1. The number of carboxylic acids is 1. The molecule has 8 rings (SSSR count). The Morgan fingerprint density at radius 3 is 1.24 bits per heavy atom. The highest BCUT2D eigenvalue weighted by Crippen LogP contribution is 2.54. The molecule has 4 nitrogen and oxygen atoms in total. The second-order valence-electron chi connectivity index (χ2n) is 15.5. The normalized spacial score (nSPS) is 15.7. The summed E-state index contributed by atoms with van der Waals surface area (Å²) in [6, 6.07) is 36.6. The smallest absolute Gasteiger partial charge is 0.318 e. The minimum atomic E-state index is -0.971. The fraction of sp³-hybridized carbons (Fsp3) is 0.250. The van der Waals surface area contributed by atoms with Crippen molar-refractivity contribution in [2.45, 2.75) is 59.5 Å². The van der Waals surface area contributed by atoms with Gasteiger partial charge >= 0.3 is 5.97 Å². The molecule has 50 heavy (non-hydrogen) atoms. The van der Waals surface area contributed by atoms with Crippen LogP contribution in [0.4, 0.5) is 0 Å². The van der Waals surface area contributed by atoms with Gasteiger partial charge in [-0.1, -0.05) is 136 Å². The summed E-state index contributed by atoms with van der Waals surface area (Å²) in [5, 5.41) is 13.0. The van der Waals surface area contributed by atoms with Gasteiger partial charge < -0.3 is 14.2 Å². The van der Waals surface area contributed by atoms with Gasteiger partial charge in [-0.15, -0.1) is 0 Å². The first-order valence-corrected chi connectivity index (χ1v) is 18.0. The molecule has 6 aromatic rings. The summed E-state index contributed by atoms with van der Waals surface area (Å²) in [5.74, 6) is -1.84. The van der Waals surface area contributed by atoms with Crippen LogP contribution in [0, 0.1) is 10.8 Å². The zero-order chi connectivity index (χ0) is 34.9. The van der Waals surface area contributed by atoms with Crippen LogP contribution in [0.5, 0.6) is 0 Å². The number of halogens is 2. The van der Waals surface area contributed by atoms with Crippen molar-refractivity contribution in [1.29, 1.82) is 0 Å². The molecule has 0 fully saturated rings. The molecule has 0 saturated carbocycles. The van der Waals surface area contributed by atoms with E-state index in [1.54, 1.807) is 0 Å². The second kappa shape index (κ2) is 12.1. The van der Waals surface area contributed by atoms with E-state index >= 15 is 0 Å². The Labute approximate surface area is 303 Å². The number of aromatic nitrogens is 2. The van der Waals surface area contributed by atoms with Crippen molar-refractivity contribution >= 4 is 29.2 Å². The van der Waals surface area contributed by atoms with Gasteiger partial charge in [-0.05, 0) is 70.2 Å². The van der Waals surface area contributed by atoms with Gasteiger partial charge in [0.25, 0.3) is 0 Å². The van der Waals surface area contributed by atoms with Gasteiger partial charge in [0.1, 0.15) is 5.92 Å². The molecule has 0 saturated heterocycles. The van der Waals surface area contributed by atoms with Crippen LogP contribution in [0.25, 0.3) is 44.5 Å². The van der Waals surface area contributed by atoms with Crippen LogP contribution in [0.15, 0.2) is 109 Å². The maximum Gasteiger partial charge on any atom is 0.318 e. The highest BCUT2D eigenvalue weighted by atomic mass is 35.5. The molecule has 0 spiro atoms. The number of rotatable bonds is 7. The molecule has 0 amide bonds. The average Bonchev–Trinajstić information content (AvgIpc) is 3.76. The lowest BCUT2D eigenvalue weighted by Crippen LogP contribution is -2.24. The number of benzene rings is 4. The Kier molecular flexibility index (Phi) is 7.89. The van der Waals surface area contributed by atoms with E-state index in [9.17, 15) is 9.90 Å². The van der Waals surface area contributed by atoms with E-state index in [0.29, 0.717) is 10.0 Å². The largest absolute Gasteiger partial charge is 0.480 e. The highest BCUT2D eigenvalue weighted by molar-refractivity contribution is 6.31. The van der Waals surface area contributed by atoms with Crippen molar-refractivity contribution < 1.29 is 9.90 Å². The Balaban J connectivity index is 1.52. The standard InChI is InChI=1S/C44H40Cl2N2O2/c1-43(2)23-33-35(27-11-7-5-8-12-27)37(29-15-19-31(45)20-16-29)40(47(33)25-43)39(42(49)50)41-38(30-17-21-32(46)22-18-30)36(28-13-9-6-10-14-28)34-24-44(3,4)26-48(34)41/h5-22,39H,23-26H2,1-4H3,(H,49,50). The third kappa shape index (κ3) is 5.50. The van der Waals surface area contributed by atoms with Crippen LogP contribution in [-0.4, -0.2) is 20.2 Å². The summed E-state index contributed by atoms with van der Waals surface area (Å²) < 4.78 is 4.69. The summed E-state index contributed by atoms with van der Waals surface area (Å²) in [6.07, 6.45) is 1.67. The van der Waals surface area contributed by atoms with Crippen LogP contribution in [0.3, 0.4) is 0 Å². The molecule has 1 N–H and O–H groups in total. The van der Waals surface area contributed by atoms with Crippen LogP contribution in [-0.2, 0) is 30.7 Å². The molecule has 2 aliphatic rings. The van der Waals surface area contributed by atoms with E-state index in [1.807, 2.05) is 60.7 Å². The molecule has 0 radical (unpaired) electrons. The summed E-state index contributed by atoms with van der Waals surface area (Å²) in [4.78, 5) is 14.3. The lowest BCUT2D eigenvalue weighted by molar-refractivity contribution is -0.138. The second-order valence-corrected chi connectivity index (χ2v) is 16.4. The topological polar surface area (TPSA) is 47.2 Å². The maximum absolute atomic E-state index is 14.3. The van der Waals surface area contributed by atoms with E-state index in [-0.39, 0.29) is 10.8 Å². The van der Waals surface area contributed by atoms with E-state index in [2.05, 4.69) is 85.4 Å². The third-order valence-electron chi connectivity index (χ3n) is 10.5. The lowest BCUT2D eigenvalue weighted by atomic mass is 9.82. The number of hydrogen-bond donors (Lipinski definition) is 1. The van der Waals surface area contributed by atoms with Crippen molar-refractivity contribution in [3.63, 3.8) is 0 Å². The molecule has 0 bridgehead atoms. The van der Waals surface area contributed by atoms with Crippen molar-refractivity contribution in [1.82, 2.24) is 9.13 Å². The first-order chi connectivity index (χ1) is 23.9. The van der Waals surface area contributed by atoms with Gasteiger partial charge in [0.2, 0.25) is 0 Å². The van der Waals surface area contributed by atoms with E-state index in [0.717, 1.165) is 81.8 Å². The predicted molar refractivity (Wildman–Crippen MR) is 205 cm³/mol. The molecule has 252 valence electrons. The maximum atomic E-state index is 14.3. The average molecular weight is 700 g/mol. The van der Waals surface area contributed by atoms with E-state index in [4.69, 9.17) is 23.2 Å². The molecule has 0 atom stereocenters. The van der Waals surface area contributed by atoms with Crippen molar-refractivity contribution in [2.24, 2.45) is 10.8 Å². The Bertz CT molecular complexity index is 2090. The van der Waals surface area contributed by atoms with E-state index < -0.39 is 11.9 Å². The molecule has 4 aromatic carbocycles. The fourth-order valence-electron chi connectivity index (χ4n) is 8.59. The van der Waals surface area contributed by atoms with Crippen LogP contribution in [0.2, 0.25) is 10.0 Å². The zero-order valence-corrected chi connectivity index (χ0v) is 30.3. The third-order valence-corrected chi connectivity index (χ3v) is 11.0. The first-order valence-electron chi connectivity index (χ1n) is 17.3. The Morgan fingerprint density at radius 1 is 0.560 bits per heavy atom. The summed E-state index contributed by atoms with van der Waals surface area (Å²) in [7, 11) is 0. The van der Waals surface area contributed by atoms with Gasteiger partial charge in [0.05, 0.1) is 0 Å². The molecule has 4 heterocycles. The molecule has 0 aliphatic carbocycles. The van der Waals surface area contributed by atoms with Gasteiger partial charge in [0.15, 0.2) is 0 Å². The zero-order valence-electron chi connectivity index (χ0n) is 28.8. The molecule has 0 unspecified atom stereocenters. The number of hydrogen-bond acceptors (Lipinski definition) is 1. The van der Waals surface area contributed by atoms with Gasteiger partial charge in [-0.25, -0.2) is 0 Å². The summed E-state index contributed by atoms with van der Waals surface area (Å²) >= 11 is 12.9. The number of carboxylic acid groups (broad SMARTS) is 1. The molecular formula is C44H40Cl2N2O2. The Hall–Kier alpha value is -4.51. The molecule has 2 aromatic heterocycles. The number of aliphatic carboxylic acids is 1. The fourth-order valence-corrected chi connectivity index (χ4v) is 8.84. The number of fused-ring (bicyclic) bond motifs is 2. The Morgan fingerprint density at radius 2 is 0.900 bits per heavy atom. The van der Waals surface area contributed by atoms with Gasteiger partial charge in [0, 0.05) is 68.2 Å².